The van der Waals surface area contributed by atoms with Gasteiger partial charge in [-0.1, -0.05) is 0 Å². The van der Waals surface area contributed by atoms with E-state index in [1.54, 1.807) is 4.90 Å². The van der Waals surface area contributed by atoms with Crippen molar-refractivity contribution in [2.75, 3.05) is 18.8 Å². The van der Waals surface area contributed by atoms with Gasteiger partial charge in [-0.3, -0.25) is 0 Å². The third kappa shape index (κ3) is 7.09. The number of primary sulfonamides is 1. The smallest absolute Gasteiger partial charge is 0.410 e. The van der Waals surface area contributed by atoms with Crippen LogP contribution in [0.1, 0.15) is 46.5 Å². The number of hydrogen-bond acceptors (Lipinski definition) is 4. The van der Waals surface area contributed by atoms with Crippen molar-refractivity contribution >= 4 is 16.1 Å². The first-order valence-corrected chi connectivity index (χ1v) is 8.77. The van der Waals surface area contributed by atoms with Gasteiger partial charge in [-0.05, 0) is 52.4 Å². The number of carbonyl (C=O) groups excluding carboxylic acids is 1. The number of nitrogens with zero attached hydrogens (tertiary/aromatic N) is 1. The molecule has 1 saturated heterocycles. The Labute approximate surface area is 121 Å². The summed E-state index contributed by atoms with van der Waals surface area (Å²) < 4.78 is 27.1. The lowest BCUT2D eigenvalue weighted by Gasteiger charge is -2.34. The lowest BCUT2D eigenvalue weighted by atomic mass is 9.94. The Morgan fingerprint density at radius 2 is 2.05 bits per heavy atom. The van der Waals surface area contributed by atoms with Crippen LogP contribution in [-0.2, 0) is 14.8 Å². The zero-order valence-electron chi connectivity index (χ0n) is 12.6. The average Bonchev–Trinajstić information content (AvgIpc) is 2.25. The molecular weight excluding hydrogens is 280 g/mol. The van der Waals surface area contributed by atoms with Crippen LogP contribution in [0.5, 0.6) is 0 Å². The minimum Gasteiger partial charge on any atom is -0.444 e. The van der Waals surface area contributed by atoms with Crippen molar-refractivity contribution in [3.05, 3.63) is 0 Å². The Bertz CT molecular complexity index is 428. The van der Waals surface area contributed by atoms with Crippen molar-refractivity contribution < 1.29 is 17.9 Å². The molecule has 0 bridgehead atoms. The zero-order chi connectivity index (χ0) is 15.4. The SMILES string of the molecule is CC(C)(C)OC(=O)N1CCCC(CCCS(N)(=O)=O)C1. The molecule has 0 aromatic rings. The van der Waals surface area contributed by atoms with Gasteiger partial charge in [-0.25, -0.2) is 18.4 Å². The number of hydrogen-bond donors (Lipinski definition) is 1. The molecule has 1 heterocycles. The van der Waals surface area contributed by atoms with Crippen molar-refractivity contribution in [3.8, 4) is 0 Å². The highest BCUT2D eigenvalue weighted by Gasteiger charge is 2.27. The fraction of sp³-hybridized carbons (Fsp3) is 0.923. The van der Waals surface area contributed by atoms with Crippen LogP contribution in [0.3, 0.4) is 0 Å². The molecule has 0 spiro atoms. The molecule has 1 fully saturated rings. The molecule has 0 aromatic heterocycles. The van der Waals surface area contributed by atoms with Crippen LogP contribution in [0.15, 0.2) is 0 Å². The normalized spacial score (nSPS) is 20.8. The Hall–Kier alpha value is -0.820. The Morgan fingerprint density at radius 1 is 1.40 bits per heavy atom. The van der Waals surface area contributed by atoms with E-state index in [0.717, 1.165) is 19.3 Å². The van der Waals surface area contributed by atoms with E-state index < -0.39 is 15.6 Å². The minimum atomic E-state index is -3.38. The maximum atomic E-state index is 12.0. The van der Waals surface area contributed by atoms with Crippen LogP contribution in [0.2, 0.25) is 0 Å². The van der Waals surface area contributed by atoms with E-state index in [-0.39, 0.29) is 11.8 Å². The minimum absolute atomic E-state index is 0.00986. The molecule has 1 unspecified atom stereocenters. The van der Waals surface area contributed by atoms with E-state index >= 15 is 0 Å². The molecule has 118 valence electrons. The first-order valence-electron chi connectivity index (χ1n) is 7.05. The first kappa shape index (κ1) is 17.2. The fourth-order valence-corrected chi connectivity index (χ4v) is 2.94. The molecule has 20 heavy (non-hydrogen) atoms. The molecule has 2 N–H and O–H groups in total. The van der Waals surface area contributed by atoms with Crippen LogP contribution >= 0.6 is 0 Å². The summed E-state index contributed by atoms with van der Waals surface area (Å²) in [6, 6.07) is 0. The average molecular weight is 306 g/mol. The summed E-state index contributed by atoms with van der Waals surface area (Å²) in [5.41, 5.74) is -0.488. The predicted octanol–water partition coefficient (Wildman–Crippen LogP) is 1.70. The summed E-state index contributed by atoms with van der Waals surface area (Å²) in [7, 11) is -3.38. The van der Waals surface area contributed by atoms with Gasteiger partial charge in [0, 0.05) is 13.1 Å². The van der Waals surface area contributed by atoms with E-state index in [4.69, 9.17) is 9.88 Å². The van der Waals surface area contributed by atoms with Gasteiger partial charge in [0.15, 0.2) is 0 Å². The second-order valence-corrected chi connectivity index (χ2v) is 8.18. The predicted molar refractivity (Wildman–Crippen MR) is 77.7 cm³/mol. The van der Waals surface area contributed by atoms with E-state index in [1.807, 2.05) is 20.8 Å². The highest BCUT2D eigenvalue weighted by molar-refractivity contribution is 7.89. The van der Waals surface area contributed by atoms with Crippen molar-refractivity contribution in [2.45, 2.75) is 52.1 Å². The van der Waals surface area contributed by atoms with Crippen LogP contribution in [0, 0.1) is 5.92 Å². The number of nitrogens with two attached hydrogens (primary N) is 1. The van der Waals surface area contributed by atoms with Crippen molar-refractivity contribution in [1.29, 1.82) is 0 Å². The van der Waals surface area contributed by atoms with E-state index in [0.29, 0.717) is 25.4 Å². The molecule has 6 nitrogen and oxygen atoms in total. The summed E-state index contributed by atoms with van der Waals surface area (Å²) in [6.45, 7) is 6.88. The maximum Gasteiger partial charge on any atom is 0.410 e. The highest BCUT2D eigenvalue weighted by Crippen LogP contribution is 2.22. The molecule has 1 aliphatic heterocycles. The highest BCUT2D eigenvalue weighted by atomic mass is 32.2. The summed E-state index contributed by atoms with van der Waals surface area (Å²) in [5, 5.41) is 4.98. The standard InChI is InChI=1S/C13H26N2O4S/c1-13(2,3)19-12(16)15-8-4-6-11(10-15)7-5-9-20(14,17)18/h11H,4-10H2,1-3H3,(H2,14,17,18). The Kier molecular flexibility index (Phi) is 5.82. The molecular formula is C13H26N2O4S. The third-order valence-corrected chi connectivity index (χ3v) is 4.07. The van der Waals surface area contributed by atoms with Gasteiger partial charge in [-0.2, -0.15) is 0 Å². The van der Waals surface area contributed by atoms with Gasteiger partial charge in [0.05, 0.1) is 5.75 Å². The van der Waals surface area contributed by atoms with Crippen LogP contribution in [0.4, 0.5) is 4.79 Å². The number of rotatable bonds is 4. The quantitative estimate of drug-likeness (QED) is 0.856. The Balaban J connectivity index is 2.40. The van der Waals surface area contributed by atoms with Gasteiger partial charge >= 0.3 is 6.09 Å². The maximum absolute atomic E-state index is 12.0. The number of likely N-dealkylation sites (tertiary alicyclic amines) is 1. The molecule has 0 saturated carbocycles. The molecule has 1 atom stereocenters. The van der Waals surface area contributed by atoms with E-state index in [2.05, 4.69) is 0 Å². The second-order valence-electron chi connectivity index (χ2n) is 6.44. The summed E-state index contributed by atoms with van der Waals surface area (Å²) in [4.78, 5) is 13.7. The number of amides is 1. The van der Waals surface area contributed by atoms with E-state index in [9.17, 15) is 13.2 Å². The molecule has 0 aliphatic carbocycles. The van der Waals surface area contributed by atoms with Crippen molar-refractivity contribution in [3.63, 3.8) is 0 Å². The summed E-state index contributed by atoms with van der Waals surface area (Å²) >= 11 is 0. The molecule has 1 rings (SSSR count). The van der Waals surface area contributed by atoms with Crippen molar-refractivity contribution in [2.24, 2.45) is 11.1 Å². The third-order valence-electron chi connectivity index (χ3n) is 3.21. The number of carbonyl (C=O) groups is 1. The second kappa shape index (κ2) is 6.76. The monoisotopic (exact) mass is 306 g/mol. The van der Waals surface area contributed by atoms with Gasteiger partial charge in [-0.15, -0.1) is 0 Å². The zero-order valence-corrected chi connectivity index (χ0v) is 13.4. The fourth-order valence-electron chi connectivity index (χ4n) is 2.37. The van der Waals surface area contributed by atoms with E-state index in [1.165, 1.54) is 0 Å². The lowest BCUT2D eigenvalue weighted by molar-refractivity contribution is 0.0161. The molecule has 0 radical (unpaired) electrons. The van der Waals surface area contributed by atoms with Gasteiger partial charge in [0.1, 0.15) is 5.60 Å². The largest absolute Gasteiger partial charge is 0.444 e. The van der Waals surface area contributed by atoms with Crippen LogP contribution in [0.25, 0.3) is 0 Å². The van der Waals surface area contributed by atoms with Gasteiger partial charge in [0.25, 0.3) is 0 Å². The Morgan fingerprint density at radius 3 is 2.60 bits per heavy atom. The van der Waals surface area contributed by atoms with Crippen molar-refractivity contribution in [1.82, 2.24) is 4.90 Å². The molecule has 0 aromatic carbocycles. The molecule has 1 aliphatic rings. The molecule has 7 heteroatoms. The topological polar surface area (TPSA) is 89.7 Å². The summed E-state index contributed by atoms with van der Waals surface area (Å²) in [6.07, 6.45) is 2.98. The van der Waals surface area contributed by atoms with Gasteiger partial charge < -0.3 is 9.64 Å². The van der Waals surface area contributed by atoms with Gasteiger partial charge in [0.2, 0.25) is 10.0 Å². The van der Waals surface area contributed by atoms with Crippen LogP contribution < -0.4 is 5.14 Å². The number of ether oxygens (including phenoxy) is 1. The summed E-state index contributed by atoms with van der Waals surface area (Å²) in [5.74, 6) is 0.341. The first-order chi connectivity index (χ1) is 9.07. The molecule has 1 amide bonds. The lowest BCUT2D eigenvalue weighted by Crippen LogP contribution is -2.42. The number of sulfonamides is 1. The number of piperidine rings is 1. The van der Waals surface area contributed by atoms with Crippen LogP contribution in [-0.4, -0.2) is 43.9 Å².